The number of hydrogen-bond donors (Lipinski definition) is 1. The van der Waals surface area contributed by atoms with Crippen LogP contribution in [0.15, 0.2) is 54.6 Å². The van der Waals surface area contributed by atoms with Crippen LogP contribution >= 0.6 is 0 Å². The number of carboxylic acids is 1. The molecule has 23 heavy (non-hydrogen) atoms. The average Bonchev–Trinajstić information content (AvgIpc) is 2.57. The Morgan fingerprint density at radius 3 is 2.35 bits per heavy atom. The molecule has 2 aromatic rings. The average molecular weight is 314 g/mol. The number of aliphatic carboxylic acids is 1. The fourth-order valence-electron chi connectivity index (χ4n) is 2.29. The molecule has 1 unspecified atom stereocenters. The van der Waals surface area contributed by atoms with Crippen molar-refractivity contribution in [2.24, 2.45) is 0 Å². The van der Waals surface area contributed by atoms with Gasteiger partial charge in [-0.2, -0.15) is 0 Å². The molecule has 0 aromatic heterocycles. The summed E-state index contributed by atoms with van der Waals surface area (Å²) in [5.74, 6) is -0.150. The van der Waals surface area contributed by atoms with Crippen LogP contribution in [0.1, 0.15) is 18.1 Å². The van der Waals surface area contributed by atoms with Gasteiger partial charge in [-0.15, -0.1) is 0 Å². The predicted octanol–water partition coefficient (Wildman–Crippen LogP) is 3.34. The lowest BCUT2D eigenvalue weighted by Crippen LogP contribution is -2.26. The summed E-state index contributed by atoms with van der Waals surface area (Å²) in [5, 5.41) is 9.09. The highest BCUT2D eigenvalue weighted by Crippen LogP contribution is 2.15. The van der Waals surface area contributed by atoms with Crippen molar-refractivity contribution in [1.29, 1.82) is 0 Å². The van der Waals surface area contributed by atoms with E-state index in [1.807, 2.05) is 42.5 Å². The minimum Gasteiger partial charge on any atom is -0.493 e. The van der Waals surface area contributed by atoms with Crippen molar-refractivity contribution in [1.82, 2.24) is 0 Å². The van der Waals surface area contributed by atoms with Crippen molar-refractivity contribution in [2.45, 2.75) is 25.9 Å². The Morgan fingerprint density at radius 2 is 1.74 bits per heavy atom. The third kappa shape index (κ3) is 5.75. The minimum atomic E-state index is -0.935. The molecule has 0 spiro atoms. The molecule has 2 aromatic carbocycles. The van der Waals surface area contributed by atoms with Gasteiger partial charge in [0.1, 0.15) is 5.75 Å². The van der Waals surface area contributed by atoms with E-state index in [9.17, 15) is 4.79 Å². The second-order valence-electron chi connectivity index (χ2n) is 5.21. The van der Waals surface area contributed by atoms with Gasteiger partial charge >= 0.3 is 5.97 Å². The Kier molecular flexibility index (Phi) is 6.63. The van der Waals surface area contributed by atoms with Crippen LogP contribution in [-0.2, 0) is 22.4 Å². The van der Waals surface area contributed by atoms with Crippen LogP contribution in [0.2, 0.25) is 0 Å². The standard InChI is InChI=1S/C19H22O4/c1-2-22-18(19(20)21)14-16-8-10-17(11-9-16)23-13-12-15-6-4-3-5-7-15/h3-11,18H,2,12-14H2,1H3,(H,20,21). The molecule has 1 N–H and O–H groups in total. The molecule has 0 saturated heterocycles. The van der Waals surface area contributed by atoms with Crippen LogP contribution in [0.3, 0.4) is 0 Å². The van der Waals surface area contributed by atoms with E-state index in [-0.39, 0.29) is 0 Å². The molecule has 4 nitrogen and oxygen atoms in total. The maximum absolute atomic E-state index is 11.1. The normalized spacial score (nSPS) is 11.9. The molecule has 0 heterocycles. The predicted molar refractivity (Wildman–Crippen MR) is 88.8 cm³/mol. The summed E-state index contributed by atoms with van der Waals surface area (Å²) in [4.78, 5) is 11.1. The van der Waals surface area contributed by atoms with Crippen LogP contribution < -0.4 is 4.74 Å². The van der Waals surface area contributed by atoms with E-state index in [1.54, 1.807) is 6.92 Å². The molecule has 2 rings (SSSR count). The number of hydrogen-bond acceptors (Lipinski definition) is 3. The zero-order valence-electron chi connectivity index (χ0n) is 13.3. The van der Waals surface area contributed by atoms with Crippen molar-refractivity contribution in [3.05, 3.63) is 65.7 Å². The van der Waals surface area contributed by atoms with E-state index in [0.29, 0.717) is 19.6 Å². The summed E-state index contributed by atoms with van der Waals surface area (Å²) in [6.07, 6.45) is 0.409. The van der Waals surface area contributed by atoms with E-state index in [4.69, 9.17) is 14.6 Å². The zero-order valence-corrected chi connectivity index (χ0v) is 13.3. The molecular formula is C19H22O4. The lowest BCUT2D eigenvalue weighted by Gasteiger charge is -2.13. The highest BCUT2D eigenvalue weighted by Gasteiger charge is 2.17. The first-order valence-electron chi connectivity index (χ1n) is 7.79. The minimum absolute atomic E-state index is 0.355. The summed E-state index contributed by atoms with van der Waals surface area (Å²) in [6, 6.07) is 17.7. The molecule has 0 amide bonds. The van der Waals surface area contributed by atoms with Crippen molar-refractivity contribution in [2.75, 3.05) is 13.2 Å². The highest BCUT2D eigenvalue weighted by molar-refractivity contribution is 5.72. The van der Waals surface area contributed by atoms with Gasteiger partial charge in [0.25, 0.3) is 0 Å². The fourth-order valence-corrected chi connectivity index (χ4v) is 2.29. The second-order valence-corrected chi connectivity index (χ2v) is 5.21. The van der Waals surface area contributed by atoms with Crippen LogP contribution in [0, 0.1) is 0 Å². The Morgan fingerprint density at radius 1 is 1.04 bits per heavy atom. The Balaban J connectivity index is 1.83. The monoisotopic (exact) mass is 314 g/mol. The van der Waals surface area contributed by atoms with Crippen LogP contribution in [-0.4, -0.2) is 30.4 Å². The highest BCUT2D eigenvalue weighted by atomic mass is 16.5. The summed E-state index contributed by atoms with van der Waals surface area (Å²) < 4.78 is 10.9. The Labute approximate surface area is 136 Å². The third-order valence-corrected chi connectivity index (χ3v) is 3.49. The van der Waals surface area contributed by atoms with Gasteiger partial charge in [0, 0.05) is 19.4 Å². The molecule has 4 heteroatoms. The van der Waals surface area contributed by atoms with Gasteiger partial charge in [0.15, 0.2) is 6.10 Å². The van der Waals surface area contributed by atoms with Crippen LogP contribution in [0.25, 0.3) is 0 Å². The topological polar surface area (TPSA) is 55.8 Å². The van der Waals surface area contributed by atoms with E-state index in [2.05, 4.69) is 12.1 Å². The zero-order chi connectivity index (χ0) is 16.5. The first kappa shape index (κ1) is 17.0. The van der Waals surface area contributed by atoms with Gasteiger partial charge in [-0.05, 0) is 30.2 Å². The van der Waals surface area contributed by atoms with Gasteiger partial charge < -0.3 is 14.6 Å². The smallest absolute Gasteiger partial charge is 0.333 e. The van der Waals surface area contributed by atoms with Gasteiger partial charge in [-0.3, -0.25) is 0 Å². The van der Waals surface area contributed by atoms with Crippen molar-refractivity contribution in [3.8, 4) is 5.75 Å². The quantitative estimate of drug-likeness (QED) is 0.771. The summed E-state index contributed by atoms with van der Waals surface area (Å²) in [7, 11) is 0. The molecule has 122 valence electrons. The molecule has 0 bridgehead atoms. The second kappa shape index (κ2) is 8.96. The molecule has 0 radical (unpaired) electrons. The van der Waals surface area contributed by atoms with Crippen molar-refractivity contribution < 1.29 is 19.4 Å². The third-order valence-electron chi connectivity index (χ3n) is 3.49. The van der Waals surface area contributed by atoms with Crippen LogP contribution in [0.5, 0.6) is 5.75 Å². The maximum Gasteiger partial charge on any atom is 0.333 e. The maximum atomic E-state index is 11.1. The molecule has 0 fully saturated rings. The summed E-state index contributed by atoms with van der Waals surface area (Å²) in [5.41, 5.74) is 2.16. The number of rotatable bonds is 9. The molecule has 0 saturated carbocycles. The van der Waals surface area contributed by atoms with Gasteiger partial charge in [-0.1, -0.05) is 42.5 Å². The molecule has 0 aliphatic carbocycles. The van der Waals surface area contributed by atoms with E-state index in [1.165, 1.54) is 5.56 Å². The van der Waals surface area contributed by atoms with Gasteiger partial charge in [0.2, 0.25) is 0 Å². The number of benzene rings is 2. The lowest BCUT2D eigenvalue weighted by molar-refractivity contribution is -0.149. The van der Waals surface area contributed by atoms with E-state index in [0.717, 1.165) is 17.7 Å². The first-order chi connectivity index (χ1) is 11.2. The SMILES string of the molecule is CCOC(Cc1ccc(OCCc2ccccc2)cc1)C(=O)O. The van der Waals surface area contributed by atoms with Crippen molar-refractivity contribution >= 4 is 5.97 Å². The molecule has 0 aliphatic heterocycles. The largest absolute Gasteiger partial charge is 0.493 e. The van der Waals surface area contributed by atoms with E-state index >= 15 is 0 Å². The Hall–Kier alpha value is -2.33. The van der Waals surface area contributed by atoms with E-state index < -0.39 is 12.1 Å². The van der Waals surface area contributed by atoms with Crippen LogP contribution in [0.4, 0.5) is 0 Å². The first-order valence-corrected chi connectivity index (χ1v) is 7.79. The number of carbonyl (C=O) groups is 1. The Bertz CT molecular complexity index is 593. The number of ether oxygens (including phenoxy) is 2. The lowest BCUT2D eigenvalue weighted by atomic mass is 10.1. The summed E-state index contributed by atoms with van der Waals surface area (Å²) in [6.45, 7) is 2.79. The van der Waals surface area contributed by atoms with Gasteiger partial charge in [-0.25, -0.2) is 4.79 Å². The molecule has 0 aliphatic rings. The van der Waals surface area contributed by atoms with Gasteiger partial charge in [0.05, 0.1) is 6.61 Å². The summed E-state index contributed by atoms with van der Waals surface area (Å²) >= 11 is 0. The van der Waals surface area contributed by atoms with Crippen molar-refractivity contribution in [3.63, 3.8) is 0 Å². The fraction of sp³-hybridized carbons (Fsp3) is 0.316. The molecule has 1 atom stereocenters. The number of carboxylic acid groups (broad SMARTS) is 1. The molecular weight excluding hydrogens is 292 g/mol.